The van der Waals surface area contributed by atoms with E-state index in [0.717, 1.165) is 19.3 Å². The monoisotopic (exact) mass is 429 g/mol. The van der Waals surface area contributed by atoms with Crippen LogP contribution in [0.15, 0.2) is 18.2 Å². The third-order valence-corrected chi connectivity index (χ3v) is 4.77. The summed E-state index contributed by atoms with van der Waals surface area (Å²) in [4.78, 5) is 21.9. The third kappa shape index (κ3) is 5.86. The number of carbonyl (C=O) groups is 1. The Labute approximate surface area is 173 Å². The van der Waals surface area contributed by atoms with Gasteiger partial charge in [-0.15, -0.1) is 0 Å². The number of aliphatic hydroxyl groups is 3. The van der Waals surface area contributed by atoms with Crippen molar-refractivity contribution in [2.75, 3.05) is 0 Å². The van der Waals surface area contributed by atoms with Gasteiger partial charge in [0.2, 0.25) is 6.29 Å². The van der Waals surface area contributed by atoms with Gasteiger partial charge in [-0.3, -0.25) is 10.1 Å². The number of benzene rings is 1. The lowest BCUT2D eigenvalue weighted by Crippen LogP contribution is -2.61. The van der Waals surface area contributed by atoms with Crippen LogP contribution < -0.4 is 4.74 Å². The van der Waals surface area contributed by atoms with E-state index in [1.54, 1.807) is 0 Å². The number of aliphatic hydroxyl groups excluding tert-OH is 3. The zero-order valence-electron chi connectivity index (χ0n) is 16.7. The molecule has 0 amide bonds. The maximum atomic E-state index is 11.5. The van der Waals surface area contributed by atoms with Crippen molar-refractivity contribution in [2.45, 2.75) is 76.5 Å². The fourth-order valence-corrected chi connectivity index (χ4v) is 2.98. The molecular weight excluding hydrogens is 402 g/mol. The predicted octanol–water partition coefficient (Wildman–Crippen LogP) is 0.961. The van der Waals surface area contributed by atoms with Crippen LogP contribution in [0.4, 0.5) is 5.69 Å². The lowest BCUT2D eigenvalue weighted by molar-refractivity contribution is -0.387. The number of unbranched alkanes of at least 4 members (excludes halogenated alkanes) is 1. The number of ether oxygens (including phenoxy) is 3. The highest BCUT2D eigenvalue weighted by molar-refractivity contribution is 5.73. The van der Waals surface area contributed by atoms with E-state index in [2.05, 4.69) is 6.92 Å². The smallest absolute Gasteiger partial charge is 0.335 e. The predicted molar refractivity (Wildman–Crippen MR) is 102 cm³/mol. The zero-order valence-corrected chi connectivity index (χ0v) is 16.7. The average molecular weight is 429 g/mol. The SMILES string of the molecule is CCCCC(C)OCc1ccc(OC2OC(C(=O)O)C(O)C(O)C2O)c([N+](=O)[O-])c1. The summed E-state index contributed by atoms with van der Waals surface area (Å²) in [7, 11) is 0. The number of hydrogen-bond acceptors (Lipinski definition) is 9. The van der Waals surface area contributed by atoms with Crippen molar-refractivity contribution in [2.24, 2.45) is 0 Å². The number of nitro benzene ring substituents is 1. The van der Waals surface area contributed by atoms with Crippen molar-refractivity contribution < 1.29 is 44.4 Å². The zero-order chi connectivity index (χ0) is 22.4. The molecule has 11 nitrogen and oxygen atoms in total. The molecule has 1 heterocycles. The summed E-state index contributed by atoms with van der Waals surface area (Å²) in [5, 5.41) is 50.1. The van der Waals surface area contributed by atoms with E-state index in [1.165, 1.54) is 18.2 Å². The van der Waals surface area contributed by atoms with Gasteiger partial charge in [0.05, 0.1) is 17.6 Å². The Bertz CT molecular complexity index is 742. The van der Waals surface area contributed by atoms with Crippen LogP contribution >= 0.6 is 0 Å². The van der Waals surface area contributed by atoms with Crippen LogP contribution in [0.25, 0.3) is 0 Å². The van der Waals surface area contributed by atoms with Crippen molar-refractivity contribution in [1.82, 2.24) is 0 Å². The number of aliphatic carboxylic acids is 1. The fraction of sp³-hybridized carbons (Fsp3) is 0.632. The molecule has 1 aromatic carbocycles. The van der Waals surface area contributed by atoms with Crippen molar-refractivity contribution in [3.63, 3.8) is 0 Å². The van der Waals surface area contributed by atoms with Crippen LogP contribution in [0, 0.1) is 10.1 Å². The lowest BCUT2D eigenvalue weighted by atomic mass is 9.99. The molecule has 0 saturated carbocycles. The second-order valence-electron chi connectivity index (χ2n) is 7.18. The molecule has 0 radical (unpaired) electrons. The second kappa shape index (κ2) is 10.6. The summed E-state index contributed by atoms with van der Waals surface area (Å²) < 4.78 is 16.0. The van der Waals surface area contributed by atoms with E-state index in [4.69, 9.17) is 19.3 Å². The molecule has 6 unspecified atom stereocenters. The van der Waals surface area contributed by atoms with E-state index >= 15 is 0 Å². The molecule has 6 atom stereocenters. The largest absolute Gasteiger partial charge is 0.479 e. The minimum atomic E-state index is -1.89. The molecule has 1 aliphatic rings. The van der Waals surface area contributed by atoms with Gasteiger partial charge in [-0.05, 0) is 25.0 Å². The van der Waals surface area contributed by atoms with Crippen molar-refractivity contribution in [1.29, 1.82) is 0 Å². The van der Waals surface area contributed by atoms with Gasteiger partial charge in [0.1, 0.15) is 18.3 Å². The number of carboxylic acid groups (broad SMARTS) is 1. The Morgan fingerprint density at radius 1 is 1.27 bits per heavy atom. The minimum absolute atomic E-state index is 0.00779. The molecule has 0 aliphatic carbocycles. The molecule has 1 saturated heterocycles. The van der Waals surface area contributed by atoms with Crippen LogP contribution in [0.5, 0.6) is 5.75 Å². The molecule has 1 aromatic rings. The van der Waals surface area contributed by atoms with E-state index < -0.39 is 47.3 Å². The summed E-state index contributed by atoms with van der Waals surface area (Å²) in [6, 6.07) is 4.05. The van der Waals surface area contributed by atoms with Crippen molar-refractivity contribution in [3.05, 3.63) is 33.9 Å². The highest BCUT2D eigenvalue weighted by Crippen LogP contribution is 2.32. The summed E-state index contributed by atoms with van der Waals surface area (Å²) in [5.41, 5.74) is 0.0852. The number of rotatable bonds is 10. The Morgan fingerprint density at radius 2 is 1.97 bits per heavy atom. The molecular formula is C19H27NO10. The summed E-state index contributed by atoms with van der Waals surface area (Å²) in [6.07, 6.45) is -6.28. The van der Waals surface area contributed by atoms with Crippen molar-refractivity contribution >= 4 is 11.7 Å². The van der Waals surface area contributed by atoms with Crippen LogP contribution in [-0.4, -0.2) is 68.1 Å². The van der Waals surface area contributed by atoms with Crippen LogP contribution in [0.1, 0.15) is 38.7 Å². The first kappa shape index (κ1) is 24.0. The normalized spacial score (nSPS) is 27.4. The average Bonchev–Trinajstić information content (AvgIpc) is 2.71. The minimum Gasteiger partial charge on any atom is -0.479 e. The van der Waals surface area contributed by atoms with Crippen LogP contribution in [0.3, 0.4) is 0 Å². The molecule has 0 aromatic heterocycles. The molecule has 30 heavy (non-hydrogen) atoms. The Kier molecular flexibility index (Phi) is 8.50. The molecule has 1 aliphatic heterocycles. The van der Waals surface area contributed by atoms with Crippen LogP contribution in [0.2, 0.25) is 0 Å². The van der Waals surface area contributed by atoms with Gasteiger partial charge in [-0.2, -0.15) is 0 Å². The summed E-state index contributed by atoms with van der Waals surface area (Å²) >= 11 is 0. The van der Waals surface area contributed by atoms with Gasteiger partial charge >= 0.3 is 11.7 Å². The molecule has 2 rings (SSSR count). The number of nitrogens with zero attached hydrogens (tertiary/aromatic N) is 1. The first-order valence-corrected chi connectivity index (χ1v) is 9.63. The fourth-order valence-electron chi connectivity index (χ4n) is 2.98. The number of hydrogen-bond donors (Lipinski definition) is 4. The lowest BCUT2D eigenvalue weighted by Gasteiger charge is -2.38. The topological polar surface area (TPSA) is 169 Å². The molecule has 1 fully saturated rings. The molecule has 4 N–H and O–H groups in total. The first-order chi connectivity index (χ1) is 14.1. The molecule has 0 bridgehead atoms. The maximum Gasteiger partial charge on any atom is 0.335 e. The van der Waals surface area contributed by atoms with Gasteiger partial charge in [-0.25, -0.2) is 4.79 Å². The van der Waals surface area contributed by atoms with E-state index in [9.17, 15) is 30.2 Å². The van der Waals surface area contributed by atoms with E-state index in [-0.39, 0.29) is 18.5 Å². The quantitative estimate of drug-likeness (QED) is 0.310. The Hall–Kier alpha value is -2.31. The molecule has 0 spiro atoms. The third-order valence-electron chi connectivity index (χ3n) is 4.77. The van der Waals surface area contributed by atoms with Gasteiger partial charge in [0.15, 0.2) is 11.9 Å². The Morgan fingerprint density at radius 3 is 2.57 bits per heavy atom. The molecule has 11 heteroatoms. The summed E-state index contributed by atoms with van der Waals surface area (Å²) in [6.45, 7) is 4.14. The summed E-state index contributed by atoms with van der Waals surface area (Å²) in [5.74, 6) is -1.87. The number of nitro groups is 1. The van der Waals surface area contributed by atoms with Gasteiger partial charge in [0.25, 0.3) is 0 Å². The first-order valence-electron chi connectivity index (χ1n) is 9.63. The highest BCUT2D eigenvalue weighted by Gasteiger charge is 2.48. The second-order valence-corrected chi connectivity index (χ2v) is 7.18. The van der Waals surface area contributed by atoms with E-state index in [1.807, 2.05) is 6.92 Å². The maximum absolute atomic E-state index is 11.5. The van der Waals surface area contributed by atoms with Gasteiger partial charge < -0.3 is 34.6 Å². The van der Waals surface area contributed by atoms with Gasteiger partial charge in [0, 0.05) is 6.07 Å². The number of carboxylic acids is 1. The molecule has 168 valence electrons. The van der Waals surface area contributed by atoms with Gasteiger partial charge in [-0.1, -0.05) is 25.8 Å². The Balaban J connectivity index is 2.15. The standard InChI is InChI=1S/C19H27NO10/c1-3-4-5-10(2)28-9-11-6-7-13(12(8-11)20(26)27)29-19-16(23)14(21)15(22)17(30-19)18(24)25/h6-8,10,14-17,19,21-23H,3-5,9H2,1-2H3,(H,24,25). The van der Waals surface area contributed by atoms with Crippen molar-refractivity contribution in [3.8, 4) is 5.75 Å². The van der Waals surface area contributed by atoms with E-state index in [0.29, 0.717) is 5.56 Å². The highest BCUT2D eigenvalue weighted by atomic mass is 16.7. The van der Waals surface area contributed by atoms with Crippen LogP contribution in [-0.2, 0) is 20.9 Å².